The van der Waals surface area contributed by atoms with E-state index < -0.39 is 0 Å². The summed E-state index contributed by atoms with van der Waals surface area (Å²) in [5.74, 6) is 0.834. The molecule has 1 amide bonds. The van der Waals surface area contributed by atoms with Crippen molar-refractivity contribution in [3.63, 3.8) is 0 Å². The van der Waals surface area contributed by atoms with E-state index in [9.17, 15) is 4.79 Å². The molecule has 166 valence electrons. The zero-order valence-corrected chi connectivity index (χ0v) is 19.4. The summed E-state index contributed by atoms with van der Waals surface area (Å²) in [6.07, 6.45) is 8.95. The number of anilines is 2. The minimum atomic E-state index is -0.168. The molecule has 0 unspecified atom stereocenters. The maximum Gasteiger partial charge on any atom is 0.255 e. The van der Waals surface area contributed by atoms with Crippen molar-refractivity contribution in [2.75, 3.05) is 23.3 Å². The molecule has 0 aromatic carbocycles. The van der Waals surface area contributed by atoms with Crippen LogP contribution in [0.3, 0.4) is 0 Å². The molecule has 0 atom stereocenters. The summed E-state index contributed by atoms with van der Waals surface area (Å²) < 4.78 is 0. The highest BCUT2D eigenvalue weighted by Crippen LogP contribution is 2.29. The zero-order valence-electron chi connectivity index (χ0n) is 19.4. The molecule has 0 spiro atoms. The number of nitrogens with one attached hydrogen (secondary N) is 1. The SMILES string of the molecule is Cc1ncc(NC(=O)c2ccnc(C(C)(C)C)c2)cc1-c1ccnc(N2CCCCC2)c1. The molecule has 0 radical (unpaired) electrons. The lowest BCUT2D eigenvalue weighted by Crippen LogP contribution is -2.30. The van der Waals surface area contributed by atoms with Crippen LogP contribution in [0.1, 0.15) is 61.8 Å². The number of amides is 1. The van der Waals surface area contributed by atoms with Gasteiger partial charge < -0.3 is 10.2 Å². The van der Waals surface area contributed by atoms with Gasteiger partial charge in [-0.2, -0.15) is 0 Å². The molecule has 1 N–H and O–H groups in total. The monoisotopic (exact) mass is 429 g/mol. The van der Waals surface area contributed by atoms with Crippen LogP contribution in [0, 0.1) is 6.92 Å². The van der Waals surface area contributed by atoms with Gasteiger partial charge >= 0.3 is 0 Å². The standard InChI is InChI=1S/C26H31N5O/c1-18-22(19-8-11-28-24(15-19)31-12-6-5-7-13-31)16-21(17-29-18)30-25(32)20-9-10-27-23(14-20)26(2,3)4/h8-11,14-17H,5-7,12-13H2,1-4H3,(H,30,32). The molecule has 1 aliphatic heterocycles. The average molecular weight is 430 g/mol. The molecule has 4 heterocycles. The van der Waals surface area contributed by atoms with Crippen LogP contribution in [-0.4, -0.2) is 33.9 Å². The number of piperidine rings is 1. The fraction of sp³-hybridized carbons (Fsp3) is 0.385. The van der Waals surface area contributed by atoms with Crippen LogP contribution in [0.4, 0.5) is 11.5 Å². The molecule has 1 fully saturated rings. The van der Waals surface area contributed by atoms with Gasteiger partial charge in [0, 0.05) is 53.4 Å². The van der Waals surface area contributed by atoms with Gasteiger partial charge in [-0.25, -0.2) is 4.98 Å². The van der Waals surface area contributed by atoms with E-state index >= 15 is 0 Å². The summed E-state index contributed by atoms with van der Waals surface area (Å²) >= 11 is 0. The molecular formula is C26H31N5O. The van der Waals surface area contributed by atoms with Crippen molar-refractivity contribution in [1.29, 1.82) is 0 Å². The lowest BCUT2D eigenvalue weighted by molar-refractivity contribution is 0.102. The second-order valence-electron chi connectivity index (χ2n) is 9.44. The number of hydrogen-bond donors (Lipinski definition) is 1. The van der Waals surface area contributed by atoms with Gasteiger partial charge in [0.05, 0.1) is 11.9 Å². The van der Waals surface area contributed by atoms with Crippen molar-refractivity contribution in [1.82, 2.24) is 15.0 Å². The first kappa shape index (κ1) is 21.9. The summed E-state index contributed by atoms with van der Waals surface area (Å²) in [4.78, 5) is 28.8. The van der Waals surface area contributed by atoms with E-state index in [4.69, 9.17) is 0 Å². The van der Waals surface area contributed by atoms with Crippen molar-refractivity contribution in [2.24, 2.45) is 0 Å². The maximum atomic E-state index is 12.9. The minimum absolute atomic E-state index is 0.123. The van der Waals surface area contributed by atoms with Crippen molar-refractivity contribution >= 4 is 17.4 Å². The number of nitrogens with zero attached hydrogens (tertiary/aromatic N) is 4. The summed E-state index contributed by atoms with van der Waals surface area (Å²) in [7, 11) is 0. The van der Waals surface area contributed by atoms with Crippen molar-refractivity contribution in [2.45, 2.75) is 52.4 Å². The third-order valence-corrected chi connectivity index (χ3v) is 5.87. The normalized spacial score (nSPS) is 14.3. The Morgan fingerprint density at radius 1 is 0.969 bits per heavy atom. The highest BCUT2D eigenvalue weighted by Gasteiger charge is 2.18. The van der Waals surface area contributed by atoms with Crippen LogP contribution in [0.25, 0.3) is 11.1 Å². The van der Waals surface area contributed by atoms with Crippen LogP contribution in [0.5, 0.6) is 0 Å². The maximum absolute atomic E-state index is 12.9. The summed E-state index contributed by atoms with van der Waals surface area (Å²) in [6.45, 7) is 10.3. The molecule has 4 rings (SSSR count). The van der Waals surface area contributed by atoms with Crippen molar-refractivity contribution in [3.8, 4) is 11.1 Å². The van der Waals surface area contributed by atoms with Gasteiger partial charge in [0.25, 0.3) is 5.91 Å². The second kappa shape index (κ2) is 9.07. The smallest absolute Gasteiger partial charge is 0.255 e. The third kappa shape index (κ3) is 4.96. The quantitative estimate of drug-likeness (QED) is 0.602. The molecule has 6 nitrogen and oxygen atoms in total. The number of aryl methyl sites for hydroxylation is 1. The number of carbonyl (C=O) groups is 1. The zero-order chi connectivity index (χ0) is 22.7. The van der Waals surface area contributed by atoms with Crippen LogP contribution < -0.4 is 10.2 Å². The number of aromatic nitrogens is 3. The second-order valence-corrected chi connectivity index (χ2v) is 9.44. The first-order valence-electron chi connectivity index (χ1n) is 11.3. The van der Waals surface area contributed by atoms with Gasteiger partial charge in [0.1, 0.15) is 5.82 Å². The molecule has 32 heavy (non-hydrogen) atoms. The Morgan fingerprint density at radius 2 is 1.72 bits per heavy atom. The molecule has 0 aliphatic carbocycles. The summed E-state index contributed by atoms with van der Waals surface area (Å²) in [5.41, 5.74) is 4.98. The Balaban J connectivity index is 1.58. The Kier molecular flexibility index (Phi) is 6.21. The Bertz CT molecular complexity index is 1110. The molecular weight excluding hydrogens is 398 g/mol. The average Bonchev–Trinajstić information content (AvgIpc) is 2.80. The molecule has 0 bridgehead atoms. The predicted octanol–water partition coefficient (Wildman–Crippen LogP) is 5.39. The topological polar surface area (TPSA) is 71.0 Å². The molecule has 3 aromatic rings. The Morgan fingerprint density at radius 3 is 2.47 bits per heavy atom. The van der Waals surface area contributed by atoms with Gasteiger partial charge in [-0.3, -0.25) is 14.8 Å². The van der Waals surface area contributed by atoms with Crippen molar-refractivity contribution < 1.29 is 4.79 Å². The minimum Gasteiger partial charge on any atom is -0.357 e. The number of pyridine rings is 3. The summed E-state index contributed by atoms with van der Waals surface area (Å²) in [6, 6.07) is 9.70. The first-order chi connectivity index (χ1) is 15.3. The highest BCUT2D eigenvalue weighted by atomic mass is 16.1. The fourth-order valence-electron chi connectivity index (χ4n) is 3.96. The van der Waals surface area contributed by atoms with Gasteiger partial charge in [-0.1, -0.05) is 20.8 Å². The van der Waals surface area contributed by atoms with E-state index in [1.165, 1.54) is 19.3 Å². The van der Waals surface area contributed by atoms with E-state index in [0.29, 0.717) is 11.3 Å². The van der Waals surface area contributed by atoms with E-state index in [2.05, 4.69) is 52.0 Å². The van der Waals surface area contributed by atoms with Gasteiger partial charge in [-0.15, -0.1) is 0 Å². The molecule has 3 aromatic heterocycles. The van der Waals surface area contributed by atoms with Gasteiger partial charge in [-0.05, 0) is 62.1 Å². The van der Waals surface area contributed by atoms with Crippen LogP contribution in [0.15, 0.2) is 48.9 Å². The van der Waals surface area contributed by atoms with Gasteiger partial charge in [0.15, 0.2) is 0 Å². The number of hydrogen-bond acceptors (Lipinski definition) is 5. The Labute approximate surface area is 190 Å². The van der Waals surface area contributed by atoms with Crippen LogP contribution in [-0.2, 0) is 5.41 Å². The summed E-state index contributed by atoms with van der Waals surface area (Å²) in [5, 5.41) is 3.00. The Hall–Kier alpha value is -3.28. The lowest BCUT2D eigenvalue weighted by atomic mass is 9.91. The van der Waals surface area contributed by atoms with E-state index in [1.807, 2.05) is 31.3 Å². The fourth-order valence-corrected chi connectivity index (χ4v) is 3.96. The van der Waals surface area contributed by atoms with Crippen LogP contribution in [0.2, 0.25) is 0 Å². The molecule has 0 saturated carbocycles. The molecule has 6 heteroatoms. The number of rotatable bonds is 4. The van der Waals surface area contributed by atoms with E-state index in [0.717, 1.165) is 41.4 Å². The highest BCUT2D eigenvalue weighted by molar-refractivity contribution is 6.04. The van der Waals surface area contributed by atoms with E-state index in [1.54, 1.807) is 18.5 Å². The van der Waals surface area contributed by atoms with E-state index in [-0.39, 0.29) is 11.3 Å². The predicted molar refractivity (Wildman–Crippen MR) is 129 cm³/mol. The van der Waals surface area contributed by atoms with Gasteiger partial charge in [0.2, 0.25) is 0 Å². The lowest BCUT2D eigenvalue weighted by Gasteiger charge is -2.28. The van der Waals surface area contributed by atoms with Crippen molar-refractivity contribution in [3.05, 3.63) is 65.9 Å². The molecule has 1 aliphatic rings. The first-order valence-corrected chi connectivity index (χ1v) is 11.3. The largest absolute Gasteiger partial charge is 0.357 e. The molecule has 1 saturated heterocycles. The van der Waals surface area contributed by atoms with Crippen LogP contribution >= 0.6 is 0 Å². The number of carbonyl (C=O) groups excluding carboxylic acids is 1. The third-order valence-electron chi connectivity index (χ3n) is 5.87.